The molecule has 6 aliphatic rings. The highest BCUT2D eigenvalue weighted by Gasteiger charge is 2.33. The van der Waals surface area contributed by atoms with Crippen molar-refractivity contribution in [1.82, 2.24) is 35.9 Å². The average molecular weight is 1720 g/mol. The number of nitriles is 4. The number of nitrogens with two attached hydrogens (primary N) is 2. The maximum atomic E-state index is 14.1. The summed E-state index contributed by atoms with van der Waals surface area (Å²) < 4.78 is 69.8. The summed E-state index contributed by atoms with van der Waals surface area (Å²) in [5, 5.41) is 72.2. The number of rotatable bonds is 12. The van der Waals surface area contributed by atoms with E-state index in [0.717, 1.165) is 172 Å². The van der Waals surface area contributed by atoms with E-state index in [9.17, 15) is 37.1 Å². The van der Waals surface area contributed by atoms with Crippen LogP contribution in [-0.4, -0.2) is 133 Å². The largest absolute Gasteiger partial charge is 0.444 e. The lowest BCUT2D eigenvalue weighted by molar-refractivity contribution is 0.0362. The van der Waals surface area contributed by atoms with Crippen molar-refractivity contribution in [3.05, 3.63) is 127 Å². The third-order valence-corrected chi connectivity index (χ3v) is 19.8. The minimum absolute atomic E-state index is 0.00440. The molecule has 10 rings (SSSR count). The molecular formula is C75H102Cl5F4N25O7. The van der Waals surface area contributed by atoms with E-state index in [1.54, 1.807) is 45.0 Å². The zero-order valence-electron chi connectivity index (χ0n) is 66.3. The normalized spacial score (nSPS) is 22.6. The SMILES string of the molecule is CC(C)(C)OC(=O)N[C@@H]1CCCC[C@@H]1N=[N+]=[N-].CC(C)(C)OC(=O)N[C@@H]1CCCC[C@H]1O.CC(C)(C)OC(=O)N[C@H]1CCCC[C@H]1Nc1nc(Cl)c(C#N)cc1F.N#Cc1cc(F)c(Cl)nc1Cl.N#Cc1cc(F)c(N[C@@H]2CCCC[C@@H]2N)nc1Cl.N#Cc1cc(F)c(N[C@@H]2CCCC[C@@H]2N=[N+]=[N-])nc1Cl.[N-]=[N+]=N[C@H]1CCCC[C@H]1N. The third-order valence-electron chi connectivity index (χ3n) is 18.4. The molecule has 11 N–H and O–H groups in total. The molecule has 12 atom stereocenters. The van der Waals surface area contributed by atoms with Crippen molar-refractivity contribution < 1.29 is 51.3 Å². The summed E-state index contributed by atoms with van der Waals surface area (Å²) in [5.74, 6) is -2.58. The molecule has 0 radical (unpaired) electrons. The van der Waals surface area contributed by atoms with Gasteiger partial charge in [-0.05, 0) is 180 Å². The van der Waals surface area contributed by atoms with Crippen molar-refractivity contribution in [3.8, 4) is 24.3 Å². The summed E-state index contributed by atoms with van der Waals surface area (Å²) in [6.07, 6.45) is 20.8. The first-order valence-electron chi connectivity index (χ1n) is 38.1. The molecule has 6 saturated carbocycles. The van der Waals surface area contributed by atoms with Crippen molar-refractivity contribution in [2.45, 2.75) is 306 Å². The second-order valence-corrected chi connectivity index (χ2v) is 32.7. The van der Waals surface area contributed by atoms with Gasteiger partial charge in [-0.25, -0.2) is 51.9 Å². The molecule has 32 nitrogen and oxygen atoms in total. The lowest BCUT2D eigenvalue weighted by atomic mass is 9.90. The van der Waals surface area contributed by atoms with Crippen LogP contribution in [0.4, 0.5) is 49.4 Å². The van der Waals surface area contributed by atoms with E-state index in [0.29, 0.717) is 0 Å². The number of hydrogen-bond acceptors (Lipinski definition) is 23. The van der Waals surface area contributed by atoms with E-state index in [2.05, 4.69) is 81.9 Å². The summed E-state index contributed by atoms with van der Waals surface area (Å²) >= 11 is 28.1. The third kappa shape index (κ3) is 36.1. The number of nitrogens with zero attached hydrogens (tertiary/aromatic N) is 17. The van der Waals surface area contributed by atoms with Crippen molar-refractivity contribution in [1.29, 1.82) is 21.0 Å². The van der Waals surface area contributed by atoms with E-state index in [1.807, 2.05) is 41.5 Å². The van der Waals surface area contributed by atoms with Gasteiger partial charge in [0.05, 0.1) is 58.6 Å². The highest BCUT2D eigenvalue weighted by atomic mass is 35.5. The van der Waals surface area contributed by atoms with Crippen LogP contribution in [-0.2, 0) is 14.2 Å². The topological polar surface area (TPSA) is 516 Å². The van der Waals surface area contributed by atoms with E-state index >= 15 is 0 Å². The van der Waals surface area contributed by atoms with Crippen molar-refractivity contribution in [2.24, 2.45) is 26.8 Å². The smallest absolute Gasteiger partial charge is 0.407 e. The minimum Gasteiger partial charge on any atom is -0.444 e. The van der Waals surface area contributed by atoms with Crippen LogP contribution in [0.2, 0.25) is 25.8 Å². The number of ether oxygens (including phenoxy) is 3. The van der Waals surface area contributed by atoms with E-state index in [-0.39, 0.29) is 132 Å². The van der Waals surface area contributed by atoms with Gasteiger partial charge in [-0.3, -0.25) is 0 Å². The molecule has 0 aliphatic heterocycles. The van der Waals surface area contributed by atoms with Crippen molar-refractivity contribution >= 4 is 93.7 Å². The number of azide groups is 3. The van der Waals surface area contributed by atoms with Gasteiger partial charge < -0.3 is 62.7 Å². The Morgan fingerprint density at radius 2 is 0.698 bits per heavy atom. The van der Waals surface area contributed by atoms with Crippen LogP contribution in [0.3, 0.4) is 0 Å². The Bertz CT molecular complexity index is 4230. The molecule has 0 bridgehead atoms. The molecule has 6 aliphatic carbocycles. The van der Waals surface area contributed by atoms with E-state index < -0.39 is 64.5 Å². The lowest BCUT2D eigenvalue weighted by Gasteiger charge is -2.33. The maximum Gasteiger partial charge on any atom is 0.407 e. The van der Waals surface area contributed by atoms with Gasteiger partial charge in [-0.1, -0.05) is 150 Å². The van der Waals surface area contributed by atoms with Gasteiger partial charge in [0.15, 0.2) is 45.9 Å². The number of halogens is 9. The Labute approximate surface area is 697 Å². The van der Waals surface area contributed by atoms with Crippen LogP contribution in [0.25, 0.3) is 31.3 Å². The van der Waals surface area contributed by atoms with Crippen molar-refractivity contribution in [3.63, 3.8) is 0 Å². The number of aliphatic hydroxyl groups is 1. The lowest BCUT2D eigenvalue weighted by Crippen LogP contribution is -2.50. The number of aliphatic hydroxyl groups excluding tert-OH is 1. The molecule has 4 aromatic rings. The van der Waals surface area contributed by atoms with E-state index in [4.69, 9.17) is 121 Å². The highest BCUT2D eigenvalue weighted by Crippen LogP contribution is 2.32. The zero-order valence-corrected chi connectivity index (χ0v) is 70.0. The molecule has 116 heavy (non-hydrogen) atoms. The number of aromatic nitrogens is 4. The molecule has 0 aromatic carbocycles. The number of alkyl carbamates (subject to hydrolysis) is 3. The predicted octanol–water partition coefficient (Wildman–Crippen LogP) is 19.1. The number of carbonyl (C=O) groups is 3. The van der Waals surface area contributed by atoms with Gasteiger partial charge in [0.25, 0.3) is 0 Å². The minimum atomic E-state index is -0.743. The van der Waals surface area contributed by atoms with Crippen LogP contribution < -0.4 is 43.4 Å². The van der Waals surface area contributed by atoms with Gasteiger partial charge in [-0.2, -0.15) is 21.0 Å². The van der Waals surface area contributed by atoms with Crippen LogP contribution >= 0.6 is 58.0 Å². The standard InChI is InChI=1S/C17H22ClFN4O2.C12H12ClFN6.C12H14ClFN4.C11H20N4O2.C11H21NO3.C6HCl2FN2.C6H12N4/c1-17(2,3)25-16(24)22-13-7-5-4-6-12(13)21-15-11(19)8-10(9-20)14(18)23-15;13-11-7(6-15)5-8(14)12(18-11)17-9-3-1-2-4-10(9)19-20-16;13-11-7(6-15)5-8(14)12(18-11)17-10-4-2-1-3-9(10)16;1-11(2,3)17-10(16)13-8-6-4-5-7-9(8)14-15-12;1-11(2,3)15-10(14)12-8-6-4-5-7-9(8)13;7-5-3(2-10)1-4(9)6(8)11-5;7-5-3-1-2-4-6(5)9-10-8/h8,12-13H,4-7H2,1-3H3,(H,21,23)(H,22,24);5,9-10H,1-4H2,(H,17,18);5,9-10H,1-4,16H2,(H,17,18);8-9H,4-7H2,1-3H3,(H,13,16);8-9,13H,4-7H2,1-3H3,(H,12,14);1H;5-6H,1-4,7H2/t12-,13+;2*9-,10+;8-,9+;8-,9-;;5-,6+/m11011.1/s1. The summed E-state index contributed by atoms with van der Waals surface area (Å²) in [7, 11) is 0. The van der Waals surface area contributed by atoms with Gasteiger partial charge in [0, 0.05) is 51.0 Å². The Kier molecular flexibility index (Phi) is 42.5. The molecule has 632 valence electrons. The molecule has 41 heteroatoms. The number of hydrogen-bond donors (Lipinski definition) is 9. The number of nitrogens with one attached hydrogen (secondary N) is 6. The summed E-state index contributed by atoms with van der Waals surface area (Å²) in [5.41, 5.74) is 35.2. The fourth-order valence-electron chi connectivity index (χ4n) is 12.8. The van der Waals surface area contributed by atoms with Gasteiger partial charge >= 0.3 is 18.3 Å². The van der Waals surface area contributed by atoms with Gasteiger partial charge in [-0.15, -0.1) is 0 Å². The molecule has 0 unspecified atom stereocenters. The number of pyridine rings is 4. The first-order chi connectivity index (χ1) is 54.7. The Balaban J connectivity index is 0.000000290. The number of anilines is 3. The van der Waals surface area contributed by atoms with Crippen LogP contribution in [0, 0.1) is 68.6 Å². The fourth-order valence-corrected chi connectivity index (χ4v) is 13.7. The first-order valence-corrected chi connectivity index (χ1v) is 40.0. The van der Waals surface area contributed by atoms with Gasteiger partial charge in [0.1, 0.15) is 61.7 Å². The Morgan fingerprint density at radius 3 is 1.09 bits per heavy atom. The van der Waals surface area contributed by atoms with Crippen molar-refractivity contribution in [2.75, 3.05) is 16.0 Å². The Hall–Kier alpha value is -9.25. The molecule has 6 fully saturated rings. The van der Waals surface area contributed by atoms with E-state index in [1.165, 1.54) is 6.42 Å². The van der Waals surface area contributed by atoms with Gasteiger partial charge in [0.2, 0.25) is 0 Å². The molecule has 4 aromatic heterocycles. The quantitative estimate of drug-likeness (QED) is 0.0159. The molecule has 0 spiro atoms. The maximum absolute atomic E-state index is 14.1. The zero-order chi connectivity index (χ0) is 86.5. The second-order valence-electron chi connectivity index (χ2n) is 30.9. The number of carbonyl (C=O) groups excluding carboxylic acids is 3. The summed E-state index contributed by atoms with van der Waals surface area (Å²) in [6, 6.07) is 10.1. The highest BCUT2D eigenvalue weighted by molar-refractivity contribution is 6.33. The fraction of sp³-hybridized carbons (Fsp3) is 0.640. The number of amides is 3. The van der Waals surface area contributed by atoms with Crippen LogP contribution in [0.15, 0.2) is 39.6 Å². The molecule has 0 saturated heterocycles. The molecule has 4 heterocycles. The monoisotopic (exact) mass is 1720 g/mol. The average Bonchev–Trinajstić information content (AvgIpc) is 0.841. The van der Waals surface area contributed by atoms with Crippen LogP contribution in [0.5, 0.6) is 0 Å². The first kappa shape index (κ1) is 99.1. The Morgan fingerprint density at radius 1 is 0.414 bits per heavy atom. The second kappa shape index (κ2) is 49.7. The summed E-state index contributed by atoms with van der Waals surface area (Å²) in [6.45, 7) is 16.3. The predicted molar refractivity (Wildman–Crippen MR) is 434 cm³/mol. The molecule has 3 amide bonds. The van der Waals surface area contributed by atoms with Crippen LogP contribution in [0.1, 0.15) is 239 Å². The summed E-state index contributed by atoms with van der Waals surface area (Å²) in [4.78, 5) is 58.5. The molecular weight excluding hydrogens is 1620 g/mol.